The second-order valence-electron chi connectivity index (χ2n) is 3.99. The van der Waals surface area contributed by atoms with Crippen molar-refractivity contribution in [1.29, 1.82) is 0 Å². The zero-order chi connectivity index (χ0) is 14.0. The van der Waals surface area contributed by atoms with Crippen molar-refractivity contribution in [3.05, 3.63) is 62.8 Å². The Kier molecular flexibility index (Phi) is 4.42. The van der Waals surface area contributed by atoms with Crippen LogP contribution in [0.25, 0.3) is 0 Å². The standard InChI is InChI=1S/C13H12BrClFN3/c14-9-6-5-8(12(16)11(9)15)13(19-18)7-3-1-2-4-10(7)17/h1-6,13,19H,17-18H2. The van der Waals surface area contributed by atoms with Crippen LogP contribution in [0.3, 0.4) is 0 Å². The van der Waals surface area contributed by atoms with Gasteiger partial charge in [-0.05, 0) is 33.6 Å². The van der Waals surface area contributed by atoms with Gasteiger partial charge in [0.2, 0.25) is 0 Å². The number of nitrogen functional groups attached to an aromatic ring is 1. The normalized spacial score (nSPS) is 12.4. The van der Waals surface area contributed by atoms with Gasteiger partial charge in [-0.3, -0.25) is 5.84 Å². The average molecular weight is 345 g/mol. The highest BCUT2D eigenvalue weighted by Crippen LogP contribution is 2.34. The molecule has 1 unspecified atom stereocenters. The van der Waals surface area contributed by atoms with Gasteiger partial charge in [-0.1, -0.05) is 35.9 Å². The number of nitrogens with two attached hydrogens (primary N) is 2. The fourth-order valence-electron chi connectivity index (χ4n) is 1.88. The maximum Gasteiger partial charge on any atom is 0.148 e. The number of benzene rings is 2. The molecule has 0 heterocycles. The highest BCUT2D eigenvalue weighted by Gasteiger charge is 2.21. The molecule has 2 aromatic rings. The molecule has 100 valence electrons. The van der Waals surface area contributed by atoms with E-state index in [1.54, 1.807) is 30.3 Å². The summed E-state index contributed by atoms with van der Waals surface area (Å²) in [5.41, 5.74) is 10.0. The van der Waals surface area contributed by atoms with Crippen LogP contribution in [-0.4, -0.2) is 0 Å². The van der Waals surface area contributed by atoms with Crippen LogP contribution in [0, 0.1) is 5.82 Å². The molecule has 0 spiro atoms. The monoisotopic (exact) mass is 343 g/mol. The van der Waals surface area contributed by atoms with Gasteiger partial charge in [0.1, 0.15) is 5.82 Å². The number of halogens is 3. The third-order valence-corrected chi connectivity index (χ3v) is 4.11. The SMILES string of the molecule is NNC(c1ccccc1N)c1ccc(Br)c(Cl)c1F. The predicted octanol–water partition coefficient (Wildman–Crippen LogP) is 3.38. The molecule has 0 aromatic heterocycles. The second-order valence-corrected chi connectivity index (χ2v) is 5.23. The van der Waals surface area contributed by atoms with Gasteiger partial charge in [0.05, 0.1) is 11.1 Å². The molecule has 0 aliphatic heterocycles. The summed E-state index contributed by atoms with van der Waals surface area (Å²) in [5.74, 6) is 5.01. The van der Waals surface area contributed by atoms with Crippen molar-refractivity contribution in [3.63, 3.8) is 0 Å². The summed E-state index contributed by atoms with van der Waals surface area (Å²) in [4.78, 5) is 0. The zero-order valence-electron chi connectivity index (χ0n) is 9.83. The molecule has 0 saturated carbocycles. The van der Waals surface area contributed by atoms with E-state index in [2.05, 4.69) is 21.4 Å². The molecule has 0 aliphatic rings. The lowest BCUT2D eigenvalue weighted by Gasteiger charge is -2.20. The van der Waals surface area contributed by atoms with Crippen molar-refractivity contribution < 1.29 is 4.39 Å². The molecular weight excluding hydrogens is 333 g/mol. The first-order valence-corrected chi connectivity index (χ1v) is 6.67. The largest absolute Gasteiger partial charge is 0.398 e. The average Bonchev–Trinajstić information content (AvgIpc) is 2.41. The van der Waals surface area contributed by atoms with Gasteiger partial charge < -0.3 is 5.73 Å². The van der Waals surface area contributed by atoms with E-state index in [0.717, 1.165) is 0 Å². The molecule has 2 aromatic carbocycles. The molecule has 0 fully saturated rings. The fourth-order valence-corrected chi connectivity index (χ4v) is 2.36. The topological polar surface area (TPSA) is 64.1 Å². The molecule has 3 nitrogen and oxygen atoms in total. The second kappa shape index (κ2) is 5.88. The van der Waals surface area contributed by atoms with Gasteiger partial charge in [0.15, 0.2) is 0 Å². The highest BCUT2D eigenvalue weighted by atomic mass is 79.9. The summed E-state index contributed by atoms with van der Waals surface area (Å²) in [6.45, 7) is 0. The summed E-state index contributed by atoms with van der Waals surface area (Å²) in [6.07, 6.45) is 0. The fraction of sp³-hybridized carbons (Fsp3) is 0.0769. The smallest absolute Gasteiger partial charge is 0.148 e. The number of rotatable bonds is 3. The van der Waals surface area contributed by atoms with E-state index in [1.165, 1.54) is 0 Å². The van der Waals surface area contributed by atoms with Crippen molar-refractivity contribution in [2.24, 2.45) is 5.84 Å². The van der Waals surface area contributed by atoms with Crippen molar-refractivity contribution >= 4 is 33.2 Å². The molecule has 5 N–H and O–H groups in total. The number of anilines is 1. The molecule has 0 radical (unpaired) electrons. The molecule has 0 saturated heterocycles. The number of hydrogen-bond donors (Lipinski definition) is 3. The van der Waals surface area contributed by atoms with Crippen LogP contribution in [0.4, 0.5) is 10.1 Å². The van der Waals surface area contributed by atoms with Crippen LogP contribution in [0.15, 0.2) is 40.9 Å². The van der Waals surface area contributed by atoms with Crippen molar-refractivity contribution in [1.82, 2.24) is 5.43 Å². The quantitative estimate of drug-likeness (QED) is 0.346. The van der Waals surface area contributed by atoms with Gasteiger partial charge in [-0.2, -0.15) is 0 Å². The van der Waals surface area contributed by atoms with Crippen LogP contribution in [0.1, 0.15) is 17.2 Å². The molecule has 0 amide bonds. The summed E-state index contributed by atoms with van der Waals surface area (Å²) >= 11 is 9.06. The first kappa shape index (κ1) is 14.3. The molecule has 6 heteroatoms. The van der Waals surface area contributed by atoms with Gasteiger partial charge >= 0.3 is 0 Å². The minimum Gasteiger partial charge on any atom is -0.398 e. The lowest BCUT2D eigenvalue weighted by atomic mass is 9.97. The molecule has 19 heavy (non-hydrogen) atoms. The summed E-state index contributed by atoms with van der Waals surface area (Å²) in [7, 11) is 0. The van der Waals surface area contributed by atoms with E-state index in [4.69, 9.17) is 23.2 Å². The minimum absolute atomic E-state index is 0.0206. The van der Waals surface area contributed by atoms with Crippen molar-refractivity contribution in [2.45, 2.75) is 6.04 Å². The molecule has 2 rings (SSSR count). The molecular formula is C13H12BrClFN3. The van der Waals surface area contributed by atoms with Crippen LogP contribution in [0.5, 0.6) is 0 Å². The van der Waals surface area contributed by atoms with E-state index < -0.39 is 11.9 Å². The molecule has 1 atom stereocenters. The third-order valence-electron chi connectivity index (χ3n) is 2.85. The maximum absolute atomic E-state index is 14.2. The Morgan fingerprint density at radius 1 is 1.16 bits per heavy atom. The van der Waals surface area contributed by atoms with Gasteiger partial charge in [0.25, 0.3) is 0 Å². The lowest BCUT2D eigenvalue weighted by molar-refractivity contribution is 0.560. The third kappa shape index (κ3) is 2.74. The first-order chi connectivity index (χ1) is 9.06. The van der Waals surface area contributed by atoms with E-state index >= 15 is 0 Å². The molecule has 0 aliphatic carbocycles. The summed E-state index contributed by atoms with van der Waals surface area (Å²) < 4.78 is 14.7. The Morgan fingerprint density at radius 2 is 1.84 bits per heavy atom. The van der Waals surface area contributed by atoms with E-state index in [0.29, 0.717) is 21.3 Å². The van der Waals surface area contributed by atoms with Crippen LogP contribution < -0.4 is 17.0 Å². The van der Waals surface area contributed by atoms with E-state index in [1.807, 2.05) is 6.07 Å². The zero-order valence-corrected chi connectivity index (χ0v) is 12.2. The van der Waals surface area contributed by atoms with Crippen molar-refractivity contribution in [2.75, 3.05) is 5.73 Å². The van der Waals surface area contributed by atoms with E-state index in [-0.39, 0.29) is 5.02 Å². The molecule has 0 bridgehead atoms. The predicted molar refractivity (Wildman–Crippen MR) is 79.1 cm³/mol. The highest BCUT2D eigenvalue weighted by molar-refractivity contribution is 9.10. The van der Waals surface area contributed by atoms with Gasteiger partial charge in [0, 0.05) is 15.7 Å². The Morgan fingerprint density at radius 3 is 2.47 bits per heavy atom. The lowest BCUT2D eigenvalue weighted by Crippen LogP contribution is -2.30. The van der Waals surface area contributed by atoms with Gasteiger partial charge in [-0.15, -0.1) is 0 Å². The first-order valence-electron chi connectivity index (χ1n) is 5.50. The Bertz CT molecular complexity index is 606. The maximum atomic E-state index is 14.2. The number of para-hydroxylation sites is 1. The summed E-state index contributed by atoms with van der Waals surface area (Å²) in [6, 6.07) is 9.86. The van der Waals surface area contributed by atoms with Crippen LogP contribution in [0.2, 0.25) is 5.02 Å². The van der Waals surface area contributed by atoms with E-state index in [9.17, 15) is 4.39 Å². The van der Waals surface area contributed by atoms with Crippen LogP contribution >= 0.6 is 27.5 Å². The number of nitrogens with one attached hydrogen (secondary N) is 1. The Hall–Kier alpha value is -1.14. The Balaban J connectivity index is 2.55. The van der Waals surface area contributed by atoms with Crippen molar-refractivity contribution in [3.8, 4) is 0 Å². The van der Waals surface area contributed by atoms with Gasteiger partial charge in [-0.25, -0.2) is 9.82 Å². The number of hydrazine groups is 1. The van der Waals surface area contributed by atoms with Crippen LogP contribution in [-0.2, 0) is 0 Å². The minimum atomic E-state index is -0.563. The number of hydrogen-bond acceptors (Lipinski definition) is 3. The Labute approximate surface area is 123 Å². The summed E-state index contributed by atoms with van der Waals surface area (Å²) in [5, 5.41) is 0.0206.